The van der Waals surface area contributed by atoms with Crippen molar-refractivity contribution < 1.29 is 37.9 Å². The molecule has 0 saturated heterocycles. The summed E-state index contributed by atoms with van der Waals surface area (Å²) in [6.45, 7) is 3.52. The predicted molar refractivity (Wildman–Crippen MR) is 225 cm³/mol. The van der Waals surface area contributed by atoms with Crippen molar-refractivity contribution in [3.63, 3.8) is 0 Å². The fourth-order valence-electron chi connectivity index (χ4n) is 5.58. The van der Waals surface area contributed by atoms with Crippen LogP contribution in [-0.4, -0.2) is 41.0 Å². The summed E-state index contributed by atoms with van der Waals surface area (Å²) in [7, 11) is -4.77. The molecule has 0 aromatic heterocycles. The van der Waals surface area contributed by atoms with Crippen molar-refractivity contribution in [1.29, 1.82) is 0 Å². The lowest BCUT2D eigenvalue weighted by molar-refractivity contribution is -0.161. The van der Waals surface area contributed by atoms with Crippen LogP contribution in [-0.2, 0) is 28.2 Å². The average molecular weight is 777 g/mol. The van der Waals surface area contributed by atoms with Gasteiger partial charge in [-0.15, -0.1) is 0 Å². The summed E-state index contributed by atoms with van der Waals surface area (Å²) in [6, 6.07) is 0. The number of phosphoric ester groups is 1. The Labute approximate surface area is 329 Å². The number of unbranched alkanes of at least 4 members (excludes halogenated alkanes) is 16. The molecule has 0 aliphatic heterocycles. The molecule has 0 bridgehead atoms. The zero-order chi connectivity index (χ0) is 39.6. The number of carbonyl (C=O) groups is 2. The van der Waals surface area contributed by atoms with Gasteiger partial charge in [0.05, 0.1) is 6.61 Å². The zero-order valence-electron chi connectivity index (χ0n) is 34.1. The van der Waals surface area contributed by atoms with E-state index < -0.39 is 32.5 Å². The number of hydrogen-bond donors (Lipinski definition) is 2. The minimum Gasteiger partial charge on any atom is -0.462 e. The van der Waals surface area contributed by atoms with Gasteiger partial charge in [-0.3, -0.25) is 14.1 Å². The van der Waals surface area contributed by atoms with Crippen LogP contribution in [0.4, 0.5) is 0 Å². The molecule has 1 unspecified atom stereocenters. The summed E-state index contributed by atoms with van der Waals surface area (Å²) in [5, 5.41) is 0. The molecule has 8 nitrogen and oxygen atoms in total. The maximum atomic E-state index is 12.4. The second-order valence-corrected chi connectivity index (χ2v) is 15.2. The minimum absolute atomic E-state index is 0.130. The van der Waals surface area contributed by atoms with Gasteiger partial charge in [-0.1, -0.05) is 164 Å². The number of hydrogen-bond acceptors (Lipinski definition) is 6. The molecule has 0 aromatic rings. The quantitative estimate of drug-likeness (QED) is 0.0275. The van der Waals surface area contributed by atoms with Crippen molar-refractivity contribution in [2.75, 3.05) is 13.2 Å². The third kappa shape index (κ3) is 42.2. The predicted octanol–water partition coefficient (Wildman–Crippen LogP) is 13.1. The maximum absolute atomic E-state index is 12.4. The average Bonchev–Trinajstić information content (AvgIpc) is 3.14. The molecule has 0 aromatic carbocycles. The summed E-state index contributed by atoms with van der Waals surface area (Å²) in [6.07, 6.45) is 52.0. The van der Waals surface area contributed by atoms with E-state index in [4.69, 9.17) is 19.3 Å². The van der Waals surface area contributed by atoms with Gasteiger partial charge in [0, 0.05) is 12.8 Å². The summed E-state index contributed by atoms with van der Waals surface area (Å²) >= 11 is 0. The largest absolute Gasteiger partial charge is 0.469 e. The first-order chi connectivity index (χ1) is 26.3. The SMILES string of the molecule is CC/C=C\C/C=C\C/C=C\C/C=C\C/C=C\CCCC(=O)OC(COC(=O)CCCCCCCCCCC/C=C\CCCCCCCC)COP(=O)(O)O. The second-order valence-electron chi connectivity index (χ2n) is 13.9. The molecular weight excluding hydrogens is 699 g/mol. The molecule has 9 heteroatoms. The highest BCUT2D eigenvalue weighted by molar-refractivity contribution is 7.46. The standard InChI is InChI=1S/C45H77O8P/c1-3-5-7-9-11-13-15-17-19-21-22-24-25-27-29-31-33-35-37-39-44(46)51-41-43(42-52-54(48,49)50)53-45(47)40-38-36-34-32-30-28-26-23-20-18-16-14-12-10-8-6-4-2/h6,8,12,14,17-20,26,28,32,34,43H,3-5,7,9-11,13,15-16,21-25,27,29-31,33,35-42H2,1-2H3,(H2,48,49,50)/b8-6-,14-12-,19-17-,20-18-,28-26-,34-32-. The fraction of sp³-hybridized carbons (Fsp3) is 0.689. The van der Waals surface area contributed by atoms with Gasteiger partial charge in [-0.2, -0.15) is 0 Å². The first kappa shape index (κ1) is 51.5. The van der Waals surface area contributed by atoms with Crippen LogP contribution in [0.3, 0.4) is 0 Å². The molecule has 2 N–H and O–H groups in total. The number of allylic oxidation sites excluding steroid dienone is 12. The number of phosphoric acid groups is 1. The van der Waals surface area contributed by atoms with E-state index in [1.165, 1.54) is 83.5 Å². The van der Waals surface area contributed by atoms with Crippen molar-refractivity contribution in [1.82, 2.24) is 0 Å². The topological polar surface area (TPSA) is 119 Å². The Bertz CT molecular complexity index is 1100. The summed E-state index contributed by atoms with van der Waals surface area (Å²) < 4.78 is 26.3. The minimum atomic E-state index is -4.77. The van der Waals surface area contributed by atoms with Crippen LogP contribution in [0.1, 0.15) is 181 Å². The van der Waals surface area contributed by atoms with Crippen molar-refractivity contribution >= 4 is 19.8 Å². The third-order valence-electron chi connectivity index (χ3n) is 8.71. The maximum Gasteiger partial charge on any atom is 0.469 e. The van der Waals surface area contributed by atoms with Crippen LogP contribution in [0.25, 0.3) is 0 Å². The normalized spacial score (nSPS) is 13.2. The molecule has 0 fully saturated rings. The van der Waals surface area contributed by atoms with E-state index in [0.717, 1.165) is 51.4 Å². The molecule has 0 spiro atoms. The van der Waals surface area contributed by atoms with Gasteiger partial charge in [0.15, 0.2) is 6.10 Å². The molecule has 0 saturated carbocycles. The van der Waals surface area contributed by atoms with Crippen LogP contribution in [0.2, 0.25) is 0 Å². The van der Waals surface area contributed by atoms with Crippen LogP contribution in [0, 0.1) is 0 Å². The van der Waals surface area contributed by atoms with Gasteiger partial charge in [0.1, 0.15) is 6.61 Å². The Kier molecular flexibility index (Phi) is 38.3. The van der Waals surface area contributed by atoms with E-state index in [1.807, 2.05) is 12.2 Å². The molecule has 0 radical (unpaired) electrons. The molecule has 1 atom stereocenters. The lowest BCUT2D eigenvalue weighted by Crippen LogP contribution is -2.29. The van der Waals surface area contributed by atoms with E-state index in [0.29, 0.717) is 19.3 Å². The smallest absolute Gasteiger partial charge is 0.462 e. The molecule has 310 valence electrons. The van der Waals surface area contributed by atoms with Crippen molar-refractivity contribution in [3.05, 3.63) is 72.9 Å². The summed E-state index contributed by atoms with van der Waals surface area (Å²) in [5.74, 6) is -0.958. The van der Waals surface area contributed by atoms with E-state index in [-0.39, 0.29) is 19.4 Å². The molecule has 0 heterocycles. The van der Waals surface area contributed by atoms with E-state index in [1.54, 1.807) is 0 Å². The lowest BCUT2D eigenvalue weighted by Gasteiger charge is -2.18. The first-order valence-electron chi connectivity index (χ1n) is 21.2. The van der Waals surface area contributed by atoms with Crippen LogP contribution in [0.5, 0.6) is 0 Å². The van der Waals surface area contributed by atoms with Crippen LogP contribution < -0.4 is 0 Å². The van der Waals surface area contributed by atoms with Crippen molar-refractivity contribution in [2.24, 2.45) is 0 Å². The van der Waals surface area contributed by atoms with Gasteiger partial charge in [0.25, 0.3) is 0 Å². The Hall–Kier alpha value is -2.51. The van der Waals surface area contributed by atoms with Gasteiger partial charge in [-0.05, 0) is 77.0 Å². The van der Waals surface area contributed by atoms with Crippen molar-refractivity contribution in [2.45, 2.75) is 187 Å². The highest BCUT2D eigenvalue weighted by Crippen LogP contribution is 2.36. The highest BCUT2D eigenvalue weighted by Gasteiger charge is 2.22. The van der Waals surface area contributed by atoms with Crippen LogP contribution >= 0.6 is 7.82 Å². The molecule has 0 aliphatic rings. The first-order valence-corrected chi connectivity index (χ1v) is 22.8. The summed E-state index contributed by atoms with van der Waals surface area (Å²) in [4.78, 5) is 42.8. The number of carbonyl (C=O) groups excluding carboxylic acids is 2. The Morgan fingerprint density at radius 3 is 1.41 bits per heavy atom. The monoisotopic (exact) mass is 777 g/mol. The molecule has 54 heavy (non-hydrogen) atoms. The second kappa shape index (κ2) is 40.2. The number of esters is 2. The van der Waals surface area contributed by atoms with Gasteiger partial charge >= 0.3 is 19.8 Å². The zero-order valence-corrected chi connectivity index (χ0v) is 35.0. The molecule has 0 rings (SSSR count). The Morgan fingerprint density at radius 2 is 0.907 bits per heavy atom. The fourth-order valence-corrected chi connectivity index (χ4v) is 5.94. The lowest BCUT2D eigenvalue weighted by atomic mass is 10.1. The Morgan fingerprint density at radius 1 is 0.500 bits per heavy atom. The van der Waals surface area contributed by atoms with Gasteiger partial charge < -0.3 is 19.3 Å². The summed E-state index contributed by atoms with van der Waals surface area (Å²) in [5.41, 5.74) is 0. The van der Waals surface area contributed by atoms with Gasteiger partial charge in [-0.25, -0.2) is 4.57 Å². The third-order valence-corrected chi connectivity index (χ3v) is 9.19. The molecular formula is C45H77O8P. The van der Waals surface area contributed by atoms with Crippen molar-refractivity contribution in [3.8, 4) is 0 Å². The Balaban J connectivity index is 4.00. The molecule has 0 amide bonds. The molecule has 0 aliphatic carbocycles. The van der Waals surface area contributed by atoms with E-state index in [9.17, 15) is 14.2 Å². The van der Waals surface area contributed by atoms with E-state index >= 15 is 0 Å². The van der Waals surface area contributed by atoms with Crippen LogP contribution in [0.15, 0.2) is 72.9 Å². The number of ether oxygens (including phenoxy) is 2. The van der Waals surface area contributed by atoms with E-state index in [2.05, 4.69) is 79.1 Å². The highest BCUT2D eigenvalue weighted by atomic mass is 31.2. The van der Waals surface area contributed by atoms with Gasteiger partial charge in [0.2, 0.25) is 0 Å². The number of rotatable bonds is 38.